The number of primary sulfonamides is 1. The van der Waals surface area contributed by atoms with Gasteiger partial charge >= 0.3 is 0 Å². The number of aromatic nitrogens is 3. The van der Waals surface area contributed by atoms with Gasteiger partial charge in [0.15, 0.2) is 5.82 Å². The van der Waals surface area contributed by atoms with E-state index in [1.165, 1.54) is 11.3 Å². The fourth-order valence-corrected chi connectivity index (χ4v) is 5.26. The number of benzene rings is 1. The first-order valence-corrected chi connectivity index (χ1v) is 12.3. The molecule has 0 saturated carbocycles. The summed E-state index contributed by atoms with van der Waals surface area (Å²) in [4.78, 5) is 15.6. The molecule has 4 heterocycles. The minimum absolute atomic E-state index is 0.0243. The van der Waals surface area contributed by atoms with Crippen molar-refractivity contribution in [1.29, 1.82) is 0 Å². The number of fused-ring (bicyclic) bond motifs is 1. The van der Waals surface area contributed by atoms with Crippen molar-refractivity contribution in [3.05, 3.63) is 48.0 Å². The summed E-state index contributed by atoms with van der Waals surface area (Å²) in [5.41, 5.74) is 8.81. The van der Waals surface area contributed by atoms with Crippen LogP contribution in [0.1, 0.15) is 0 Å². The molecule has 0 bridgehead atoms. The normalized spacial score (nSPS) is 14.7. The number of thiophene rings is 1. The Morgan fingerprint density at radius 2 is 1.88 bits per heavy atom. The van der Waals surface area contributed by atoms with E-state index in [0.717, 1.165) is 10.4 Å². The Morgan fingerprint density at radius 1 is 1.06 bits per heavy atom. The van der Waals surface area contributed by atoms with Gasteiger partial charge in [0.2, 0.25) is 10.0 Å². The first kappa shape index (κ1) is 20.8. The average Bonchev–Trinajstić information content (AvgIpc) is 3.27. The fraction of sp³-hybridized carbons (Fsp3) is 0.190. The number of rotatable bonds is 4. The maximum atomic E-state index is 12.6. The van der Waals surface area contributed by atoms with Crippen LogP contribution in [0.5, 0.6) is 0 Å². The van der Waals surface area contributed by atoms with E-state index in [2.05, 4.69) is 14.9 Å². The molecule has 1 aliphatic rings. The van der Waals surface area contributed by atoms with Gasteiger partial charge in [-0.15, -0.1) is 11.3 Å². The molecule has 1 fully saturated rings. The van der Waals surface area contributed by atoms with Crippen LogP contribution in [0.2, 0.25) is 0 Å². The van der Waals surface area contributed by atoms with Gasteiger partial charge in [-0.2, -0.15) is 0 Å². The first-order valence-electron chi connectivity index (χ1n) is 9.87. The van der Waals surface area contributed by atoms with Crippen LogP contribution in [0.25, 0.3) is 32.9 Å². The molecule has 5 rings (SSSR count). The Morgan fingerprint density at radius 3 is 2.59 bits per heavy atom. The fourth-order valence-electron chi connectivity index (χ4n) is 3.67. The molecule has 4 N–H and O–H groups in total. The molecule has 32 heavy (non-hydrogen) atoms. The molecule has 4 aromatic rings. The number of nitrogens with two attached hydrogens (primary N) is 2. The second-order valence-corrected chi connectivity index (χ2v) is 9.77. The highest BCUT2D eigenvalue weighted by molar-refractivity contribution is 7.89. The predicted octanol–water partition coefficient (Wildman–Crippen LogP) is 2.49. The Bertz CT molecular complexity index is 1400. The standard InChI is InChI=1S/C21H20N6O3S2/c22-18-4-1-13(12-24-18)21-25-16-5-10-31-20(16)19(26-21)15-3-2-14(11-17(15)32(23,28)29)27-6-8-30-9-7-27/h1-5,10-12H,6-9H2,(H2,22,24)(H2,23,28,29). The van der Waals surface area contributed by atoms with Crippen molar-refractivity contribution in [2.24, 2.45) is 5.14 Å². The van der Waals surface area contributed by atoms with Gasteiger partial charge in [0.1, 0.15) is 5.82 Å². The van der Waals surface area contributed by atoms with E-state index in [0.29, 0.717) is 60.3 Å². The second-order valence-electron chi connectivity index (χ2n) is 7.33. The number of nitrogen functional groups attached to an aromatic ring is 1. The first-order chi connectivity index (χ1) is 15.4. The minimum atomic E-state index is -4.02. The maximum Gasteiger partial charge on any atom is 0.238 e. The number of ether oxygens (including phenoxy) is 1. The highest BCUT2D eigenvalue weighted by Gasteiger charge is 2.23. The van der Waals surface area contributed by atoms with Crippen LogP contribution in [0.3, 0.4) is 0 Å². The summed E-state index contributed by atoms with van der Waals surface area (Å²) in [6, 6.07) is 10.6. The number of hydrogen-bond acceptors (Lipinski definition) is 9. The van der Waals surface area contributed by atoms with Gasteiger partial charge < -0.3 is 15.4 Å². The van der Waals surface area contributed by atoms with Gasteiger partial charge in [-0.05, 0) is 41.8 Å². The Hall–Kier alpha value is -3.12. The summed E-state index contributed by atoms with van der Waals surface area (Å²) < 4.78 is 31.4. The molecular formula is C21H20N6O3S2. The summed E-state index contributed by atoms with van der Waals surface area (Å²) in [6.45, 7) is 2.54. The van der Waals surface area contributed by atoms with Crippen LogP contribution in [0, 0.1) is 0 Å². The Kier molecular flexibility index (Phi) is 5.25. The summed E-state index contributed by atoms with van der Waals surface area (Å²) in [5, 5.41) is 7.54. The molecule has 9 nitrogen and oxygen atoms in total. The van der Waals surface area contributed by atoms with E-state index in [1.54, 1.807) is 30.5 Å². The Balaban J connectivity index is 1.70. The van der Waals surface area contributed by atoms with E-state index in [-0.39, 0.29) is 4.90 Å². The van der Waals surface area contributed by atoms with Crippen molar-refractivity contribution in [3.63, 3.8) is 0 Å². The molecule has 1 aliphatic heterocycles. The van der Waals surface area contributed by atoms with Crippen molar-refractivity contribution in [3.8, 4) is 22.6 Å². The molecule has 0 atom stereocenters. The molecular weight excluding hydrogens is 448 g/mol. The van der Waals surface area contributed by atoms with Gasteiger partial charge in [-0.1, -0.05) is 0 Å². The zero-order valence-corrected chi connectivity index (χ0v) is 18.6. The lowest BCUT2D eigenvalue weighted by Crippen LogP contribution is -2.36. The molecule has 0 radical (unpaired) electrons. The van der Waals surface area contributed by atoms with Crippen LogP contribution in [-0.4, -0.2) is 49.7 Å². The second kappa shape index (κ2) is 8.10. The SMILES string of the molecule is Nc1ccc(-c2nc(-c3ccc(N4CCOCC4)cc3S(N)(=O)=O)c3sccc3n2)cn1. The van der Waals surface area contributed by atoms with Crippen LogP contribution < -0.4 is 15.8 Å². The molecule has 0 unspecified atom stereocenters. The third-order valence-electron chi connectivity index (χ3n) is 5.25. The van der Waals surface area contributed by atoms with Crippen LogP contribution >= 0.6 is 11.3 Å². The number of anilines is 2. The summed E-state index contributed by atoms with van der Waals surface area (Å²) >= 11 is 1.44. The van der Waals surface area contributed by atoms with Crippen molar-refractivity contribution in [1.82, 2.24) is 15.0 Å². The van der Waals surface area contributed by atoms with E-state index in [1.807, 2.05) is 17.5 Å². The third kappa shape index (κ3) is 3.91. The Labute approximate surface area is 188 Å². The lowest BCUT2D eigenvalue weighted by Gasteiger charge is -2.29. The number of hydrogen-bond donors (Lipinski definition) is 2. The monoisotopic (exact) mass is 468 g/mol. The van der Waals surface area contributed by atoms with E-state index in [9.17, 15) is 8.42 Å². The number of morpholine rings is 1. The molecule has 164 valence electrons. The summed E-state index contributed by atoms with van der Waals surface area (Å²) in [7, 11) is -4.02. The predicted molar refractivity (Wildman–Crippen MR) is 125 cm³/mol. The molecule has 1 aromatic carbocycles. The van der Waals surface area contributed by atoms with Crippen LogP contribution in [0.15, 0.2) is 52.9 Å². The van der Waals surface area contributed by atoms with Crippen LogP contribution in [0.4, 0.5) is 11.5 Å². The summed E-state index contributed by atoms with van der Waals surface area (Å²) in [6.07, 6.45) is 1.59. The lowest BCUT2D eigenvalue weighted by molar-refractivity contribution is 0.122. The van der Waals surface area contributed by atoms with Gasteiger partial charge in [0.05, 0.1) is 34.0 Å². The number of nitrogens with zero attached hydrogens (tertiary/aromatic N) is 4. The van der Waals surface area contributed by atoms with E-state index < -0.39 is 10.0 Å². The zero-order chi connectivity index (χ0) is 22.3. The molecule has 1 saturated heterocycles. The van der Waals surface area contributed by atoms with Gasteiger partial charge in [-0.3, -0.25) is 0 Å². The van der Waals surface area contributed by atoms with Crippen molar-refractivity contribution < 1.29 is 13.2 Å². The van der Waals surface area contributed by atoms with Crippen molar-refractivity contribution in [2.75, 3.05) is 36.9 Å². The molecule has 3 aromatic heterocycles. The molecule has 0 spiro atoms. The molecule has 0 amide bonds. The zero-order valence-electron chi connectivity index (χ0n) is 16.9. The quantitative estimate of drug-likeness (QED) is 0.466. The molecule has 11 heteroatoms. The van der Waals surface area contributed by atoms with Crippen molar-refractivity contribution >= 4 is 43.1 Å². The van der Waals surface area contributed by atoms with Gasteiger partial charge in [0.25, 0.3) is 0 Å². The van der Waals surface area contributed by atoms with Gasteiger partial charge in [0, 0.05) is 36.1 Å². The maximum absolute atomic E-state index is 12.6. The average molecular weight is 469 g/mol. The minimum Gasteiger partial charge on any atom is -0.384 e. The third-order valence-corrected chi connectivity index (χ3v) is 7.11. The van der Waals surface area contributed by atoms with Crippen molar-refractivity contribution in [2.45, 2.75) is 4.90 Å². The topological polar surface area (TPSA) is 137 Å². The van der Waals surface area contributed by atoms with E-state index in [4.69, 9.17) is 20.6 Å². The van der Waals surface area contributed by atoms with Crippen LogP contribution in [-0.2, 0) is 14.8 Å². The smallest absolute Gasteiger partial charge is 0.238 e. The highest BCUT2D eigenvalue weighted by Crippen LogP contribution is 2.37. The van der Waals surface area contributed by atoms with Gasteiger partial charge in [-0.25, -0.2) is 28.5 Å². The van der Waals surface area contributed by atoms with E-state index >= 15 is 0 Å². The largest absolute Gasteiger partial charge is 0.384 e. The highest BCUT2D eigenvalue weighted by atomic mass is 32.2. The summed E-state index contributed by atoms with van der Waals surface area (Å²) in [5.74, 6) is 0.817. The number of sulfonamides is 1. The number of pyridine rings is 1. The molecule has 0 aliphatic carbocycles. The lowest BCUT2D eigenvalue weighted by atomic mass is 10.1.